The fourth-order valence-corrected chi connectivity index (χ4v) is 2.14. The standard InChI is InChI=1S/C12H26N2O/c1-11(2)9-14-7-8-15-12(10-14)5-4-6-13-3/h11-13H,4-10H2,1-3H3/t12-/m1/s1. The first-order chi connectivity index (χ1) is 7.22. The summed E-state index contributed by atoms with van der Waals surface area (Å²) in [6, 6.07) is 0. The molecule has 90 valence electrons. The quantitative estimate of drug-likeness (QED) is 0.675. The Kier molecular flexibility index (Phi) is 6.22. The zero-order valence-electron chi connectivity index (χ0n) is 10.5. The zero-order valence-corrected chi connectivity index (χ0v) is 10.5. The Morgan fingerprint density at radius 2 is 2.27 bits per heavy atom. The lowest BCUT2D eigenvalue weighted by Crippen LogP contribution is -2.44. The number of morpholine rings is 1. The molecule has 3 nitrogen and oxygen atoms in total. The molecular weight excluding hydrogens is 188 g/mol. The van der Waals surface area contributed by atoms with E-state index in [1.165, 1.54) is 19.4 Å². The van der Waals surface area contributed by atoms with E-state index in [1.54, 1.807) is 0 Å². The highest BCUT2D eigenvalue weighted by molar-refractivity contribution is 4.72. The molecule has 1 saturated heterocycles. The Labute approximate surface area is 94.2 Å². The lowest BCUT2D eigenvalue weighted by molar-refractivity contribution is -0.0356. The third kappa shape index (κ3) is 5.50. The molecule has 0 unspecified atom stereocenters. The summed E-state index contributed by atoms with van der Waals surface area (Å²) in [7, 11) is 2.01. The molecule has 1 rings (SSSR count). The van der Waals surface area contributed by atoms with Crippen molar-refractivity contribution < 1.29 is 4.74 Å². The van der Waals surface area contributed by atoms with Gasteiger partial charge in [-0.3, -0.25) is 4.90 Å². The topological polar surface area (TPSA) is 24.5 Å². The van der Waals surface area contributed by atoms with Gasteiger partial charge in [-0.05, 0) is 32.4 Å². The van der Waals surface area contributed by atoms with Crippen LogP contribution in [-0.4, -0.2) is 50.8 Å². The fraction of sp³-hybridized carbons (Fsp3) is 1.00. The predicted molar refractivity (Wildman–Crippen MR) is 64.2 cm³/mol. The molecule has 0 radical (unpaired) electrons. The Morgan fingerprint density at radius 1 is 1.47 bits per heavy atom. The average Bonchev–Trinajstić information content (AvgIpc) is 2.18. The van der Waals surface area contributed by atoms with Crippen molar-refractivity contribution in [2.75, 3.05) is 39.8 Å². The van der Waals surface area contributed by atoms with Crippen molar-refractivity contribution in [1.29, 1.82) is 0 Å². The van der Waals surface area contributed by atoms with Crippen LogP contribution in [0.15, 0.2) is 0 Å². The molecule has 0 spiro atoms. The summed E-state index contributed by atoms with van der Waals surface area (Å²) in [5, 5.41) is 3.18. The molecule has 0 aromatic carbocycles. The third-order valence-electron chi connectivity index (χ3n) is 2.80. The molecule has 1 fully saturated rings. The maximum atomic E-state index is 5.77. The van der Waals surface area contributed by atoms with Gasteiger partial charge >= 0.3 is 0 Å². The van der Waals surface area contributed by atoms with E-state index in [9.17, 15) is 0 Å². The van der Waals surface area contributed by atoms with Gasteiger partial charge in [-0.2, -0.15) is 0 Å². The van der Waals surface area contributed by atoms with Crippen LogP contribution in [0.3, 0.4) is 0 Å². The highest BCUT2D eigenvalue weighted by Crippen LogP contribution is 2.11. The van der Waals surface area contributed by atoms with E-state index in [-0.39, 0.29) is 0 Å². The highest BCUT2D eigenvalue weighted by atomic mass is 16.5. The van der Waals surface area contributed by atoms with Gasteiger partial charge in [-0.1, -0.05) is 13.8 Å². The van der Waals surface area contributed by atoms with Gasteiger partial charge in [0.2, 0.25) is 0 Å². The lowest BCUT2D eigenvalue weighted by atomic mass is 10.1. The lowest BCUT2D eigenvalue weighted by Gasteiger charge is -2.34. The van der Waals surface area contributed by atoms with E-state index in [0.29, 0.717) is 6.10 Å². The average molecular weight is 214 g/mol. The smallest absolute Gasteiger partial charge is 0.0703 e. The number of hydrogen-bond acceptors (Lipinski definition) is 3. The van der Waals surface area contributed by atoms with Crippen LogP contribution in [0.1, 0.15) is 26.7 Å². The molecule has 0 saturated carbocycles. The molecule has 0 aliphatic carbocycles. The molecule has 1 N–H and O–H groups in total. The van der Waals surface area contributed by atoms with Crippen molar-refractivity contribution >= 4 is 0 Å². The van der Waals surface area contributed by atoms with Crippen molar-refractivity contribution in [3.63, 3.8) is 0 Å². The molecule has 0 aromatic rings. The van der Waals surface area contributed by atoms with Crippen molar-refractivity contribution in [2.45, 2.75) is 32.8 Å². The summed E-state index contributed by atoms with van der Waals surface area (Å²) >= 11 is 0. The van der Waals surface area contributed by atoms with E-state index in [0.717, 1.165) is 32.2 Å². The maximum absolute atomic E-state index is 5.77. The first-order valence-corrected chi connectivity index (χ1v) is 6.21. The van der Waals surface area contributed by atoms with Crippen molar-refractivity contribution in [2.24, 2.45) is 5.92 Å². The molecule has 1 atom stereocenters. The SMILES string of the molecule is CNCCC[C@@H]1CN(CC(C)C)CCO1. The van der Waals surface area contributed by atoms with Gasteiger partial charge < -0.3 is 10.1 Å². The number of rotatable bonds is 6. The van der Waals surface area contributed by atoms with Crippen LogP contribution in [0.5, 0.6) is 0 Å². The van der Waals surface area contributed by atoms with Crippen LogP contribution in [-0.2, 0) is 4.74 Å². The van der Waals surface area contributed by atoms with Crippen LogP contribution in [0.2, 0.25) is 0 Å². The van der Waals surface area contributed by atoms with Gasteiger partial charge in [0.05, 0.1) is 12.7 Å². The van der Waals surface area contributed by atoms with E-state index in [1.807, 2.05) is 7.05 Å². The van der Waals surface area contributed by atoms with Crippen molar-refractivity contribution in [3.8, 4) is 0 Å². The van der Waals surface area contributed by atoms with Gasteiger partial charge in [0.25, 0.3) is 0 Å². The molecule has 0 amide bonds. The minimum absolute atomic E-state index is 0.464. The predicted octanol–water partition coefficient (Wildman–Crippen LogP) is 1.34. The normalized spacial score (nSPS) is 23.6. The Morgan fingerprint density at radius 3 is 2.93 bits per heavy atom. The monoisotopic (exact) mass is 214 g/mol. The van der Waals surface area contributed by atoms with Gasteiger partial charge in [0, 0.05) is 19.6 Å². The van der Waals surface area contributed by atoms with Gasteiger partial charge in [-0.15, -0.1) is 0 Å². The van der Waals surface area contributed by atoms with E-state index < -0.39 is 0 Å². The Balaban J connectivity index is 2.17. The summed E-state index contributed by atoms with van der Waals surface area (Å²) in [6.45, 7) is 10.0. The van der Waals surface area contributed by atoms with Crippen LogP contribution in [0, 0.1) is 5.92 Å². The summed E-state index contributed by atoms with van der Waals surface area (Å²) in [5.41, 5.74) is 0. The number of nitrogens with zero attached hydrogens (tertiary/aromatic N) is 1. The second-order valence-electron chi connectivity index (χ2n) is 4.89. The van der Waals surface area contributed by atoms with Gasteiger partial charge in [0.1, 0.15) is 0 Å². The Hall–Kier alpha value is -0.120. The van der Waals surface area contributed by atoms with Crippen LogP contribution >= 0.6 is 0 Å². The molecule has 1 heterocycles. The minimum Gasteiger partial charge on any atom is -0.376 e. The second-order valence-corrected chi connectivity index (χ2v) is 4.89. The molecular formula is C12H26N2O. The summed E-state index contributed by atoms with van der Waals surface area (Å²) in [4.78, 5) is 2.54. The number of nitrogens with one attached hydrogen (secondary N) is 1. The van der Waals surface area contributed by atoms with Gasteiger partial charge in [-0.25, -0.2) is 0 Å². The zero-order chi connectivity index (χ0) is 11.1. The van der Waals surface area contributed by atoms with Crippen LogP contribution in [0.25, 0.3) is 0 Å². The maximum Gasteiger partial charge on any atom is 0.0703 e. The molecule has 0 aromatic heterocycles. The number of hydrogen-bond donors (Lipinski definition) is 1. The minimum atomic E-state index is 0.464. The third-order valence-corrected chi connectivity index (χ3v) is 2.80. The Bertz CT molecular complexity index is 162. The fourth-order valence-electron chi connectivity index (χ4n) is 2.14. The second kappa shape index (κ2) is 7.20. The van der Waals surface area contributed by atoms with Crippen LogP contribution in [0.4, 0.5) is 0 Å². The summed E-state index contributed by atoms with van der Waals surface area (Å²) < 4.78 is 5.77. The van der Waals surface area contributed by atoms with E-state index in [4.69, 9.17) is 4.74 Å². The molecule has 3 heteroatoms. The first kappa shape index (κ1) is 12.9. The van der Waals surface area contributed by atoms with Crippen molar-refractivity contribution in [1.82, 2.24) is 10.2 Å². The largest absolute Gasteiger partial charge is 0.376 e. The van der Waals surface area contributed by atoms with E-state index >= 15 is 0 Å². The molecule has 1 aliphatic rings. The van der Waals surface area contributed by atoms with Crippen molar-refractivity contribution in [3.05, 3.63) is 0 Å². The number of ether oxygens (including phenoxy) is 1. The van der Waals surface area contributed by atoms with E-state index in [2.05, 4.69) is 24.1 Å². The van der Waals surface area contributed by atoms with Crippen LogP contribution < -0.4 is 5.32 Å². The van der Waals surface area contributed by atoms with Gasteiger partial charge in [0.15, 0.2) is 0 Å². The molecule has 1 aliphatic heterocycles. The molecule has 15 heavy (non-hydrogen) atoms. The highest BCUT2D eigenvalue weighted by Gasteiger charge is 2.20. The summed E-state index contributed by atoms with van der Waals surface area (Å²) in [6.07, 6.45) is 2.87. The first-order valence-electron chi connectivity index (χ1n) is 6.21. The molecule has 0 bridgehead atoms. The summed E-state index contributed by atoms with van der Waals surface area (Å²) in [5.74, 6) is 0.765.